The predicted molar refractivity (Wildman–Crippen MR) is 97.9 cm³/mol. The number of ether oxygens (including phenoxy) is 2. The second-order valence-electron chi connectivity index (χ2n) is 5.65. The average molecular weight is 379 g/mol. The molecule has 0 saturated heterocycles. The van der Waals surface area contributed by atoms with Crippen molar-refractivity contribution in [3.05, 3.63) is 64.6 Å². The van der Waals surface area contributed by atoms with Crippen LogP contribution in [0.2, 0.25) is 0 Å². The lowest BCUT2D eigenvalue weighted by Crippen LogP contribution is -2.46. The number of aliphatic imine (C=N–C) groups is 1. The fourth-order valence-corrected chi connectivity index (χ4v) is 2.56. The maximum Gasteiger partial charge on any atom is 0.406 e. The molecule has 2 aromatic carbocycles. The van der Waals surface area contributed by atoms with Crippen LogP contribution in [0, 0.1) is 11.3 Å². The van der Waals surface area contributed by atoms with Gasteiger partial charge in [0.15, 0.2) is 12.2 Å². The summed E-state index contributed by atoms with van der Waals surface area (Å²) in [5, 5.41) is 24.4. The van der Waals surface area contributed by atoms with Gasteiger partial charge in [-0.1, -0.05) is 9.90 Å². The first-order chi connectivity index (χ1) is 13.6. The van der Waals surface area contributed by atoms with Gasteiger partial charge in [0, 0.05) is 5.90 Å². The van der Waals surface area contributed by atoms with Crippen molar-refractivity contribution < 1.29 is 19.3 Å². The van der Waals surface area contributed by atoms with E-state index in [1.807, 2.05) is 6.07 Å². The minimum atomic E-state index is -0.756. The van der Waals surface area contributed by atoms with Crippen LogP contribution < -0.4 is 24.8 Å². The molecule has 142 valence electrons. The summed E-state index contributed by atoms with van der Waals surface area (Å²) in [6.07, 6.45) is 0. The number of methoxy groups -OCH3 is 2. The molecule has 0 atom stereocenters. The Bertz CT molecular complexity index is 1090. The molecule has 0 amide bonds. The lowest BCUT2D eigenvalue weighted by molar-refractivity contribution is -0.746. The van der Waals surface area contributed by atoms with Gasteiger partial charge >= 0.3 is 5.56 Å². The van der Waals surface area contributed by atoms with Crippen molar-refractivity contribution >= 4 is 11.6 Å². The Kier molecular flexibility index (Phi) is 5.41. The molecule has 0 unspecified atom stereocenters. The summed E-state index contributed by atoms with van der Waals surface area (Å²) in [5.74, 6) is 0.488. The molecule has 3 rings (SSSR count). The third-order valence-corrected chi connectivity index (χ3v) is 3.96. The lowest BCUT2D eigenvalue weighted by atomic mass is 10.3. The Morgan fingerprint density at radius 3 is 2.25 bits per heavy atom. The van der Waals surface area contributed by atoms with Crippen molar-refractivity contribution in [3.8, 4) is 23.3 Å². The van der Waals surface area contributed by atoms with Gasteiger partial charge < -0.3 is 14.6 Å². The van der Waals surface area contributed by atoms with E-state index in [2.05, 4.69) is 10.2 Å². The summed E-state index contributed by atoms with van der Waals surface area (Å²) < 4.78 is 12.5. The van der Waals surface area contributed by atoms with Crippen molar-refractivity contribution in [2.75, 3.05) is 14.2 Å². The van der Waals surface area contributed by atoms with Gasteiger partial charge in [0.2, 0.25) is 5.69 Å². The van der Waals surface area contributed by atoms with Crippen molar-refractivity contribution in [1.29, 1.82) is 5.26 Å². The molecule has 0 aliphatic rings. The van der Waals surface area contributed by atoms with E-state index in [4.69, 9.17) is 14.7 Å². The maximum absolute atomic E-state index is 12.8. The molecule has 9 heteroatoms. The molecule has 0 radical (unpaired) electrons. The van der Waals surface area contributed by atoms with Crippen molar-refractivity contribution in [1.82, 2.24) is 9.90 Å². The number of hydrogen-bond acceptors (Lipinski definition) is 6. The quantitative estimate of drug-likeness (QED) is 0.378. The number of nitrogens with zero attached hydrogens (tertiary/aromatic N) is 4. The van der Waals surface area contributed by atoms with E-state index in [-0.39, 0.29) is 12.2 Å². The largest absolute Gasteiger partial charge is 0.855 e. The summed E-state index contributed by atoms with van der Waals surface area (Å²) in [6, 6.07) is 15.1. The van der Waals surface area contributed by atoms with Crippen LogP contribution in [0.15, 0.2) is 58.3 Å². The normalized spacial score (nSPS) is 11.1. The van der Waals surface area contributed by atoms with E-state index in [1.54, 1.807) is 48.5 Å². The van der Waals surface area contributed by atoms with Crippen molar-refractivity contribution in [3.63, 3.8) is 0 Å². The van der Waals surface area contributed by atoms with E-state index < -0.39 is 11.5 Å². The monoisotopic (exact) mass is 379 g/mol. The summed E-state index contributed by atoms with van der Waals surface area (Å²) in [6.45, 7) is -0.211. The van der Waals surface area contributed by atoms with E-state index in [1.165, 1.54) is 23.6 Å². The third-order valence-electron chi connectivity index (χ3n) is 3.96. The number of H-pyrrole nitrogens is 1. The molecule has 0 fully saturated rings. The number of nitrogens with one attached hydrogen (secondary N) is 1. The van der Waals surface area contributed by atoms with Crippen LogP contribution in [0.4, 0.5) is 5.69 Å². The topological polar surface area (TPSA) is 119 Å². The highest BCUT2D eigenvalue weighted by molar-refractivity contribution is 5.88. The fraction of sp³-hybridized carbons (Fsp3) is 0.158. The summed E-state index contributed by atoms with van der Waals surface area (Å²) in [7, 11) is 3.07. The minimum absolute atomic E-state index is 0.211. The van der Waals surface area contributed by atoms with Gasteiger partial charge in [-0.2, -0.15) is 5.26 Å². The van der Waals surface area contributed by atoms with Gasteiger partial charge in [-0.25, -0.2) is 4.79 Å². The average Bonchev–Trinajstić information content (AvgIpc) is 3.05. The first-order valence-corrected chi connectivity index (χ1v) is 8.23. The van der Waals surface area contributed by atoms with Crippen molar-refractivity contribution in [2.24, 2.45) is 4.99 Å². The number of rotatable bonds is 6. The summed E-state index contributed by atoms with van der Waals surface area (Å²) in [5.41, 5.74) is 0.00255. The van der Waals surface area contributed by atoms with Crippen molar-refractivity contribution in [2.45, 2.75) is 6.54 Å². The number of nitriles is 1. The number of aromatic nitrogens is 3. The molecular formula is C19H17N5O4. The highest BCUT2D eigenvalue weighted by Gasteiger charge is 2.23. The van der Waals surface area contributed by atoms with E-state index >= 15 is 0 Å². The van der Waals surface area contributed by atoms with Gasteiger partial charge in [-0.15, -0.1) is 4.68 Å². The second-order valence-corrected chi connectivity index (χ2v) is 5.65. The minimum Gasteiger partial charge on any atom is -0.855 e. The third kappa shape index (κ3) is 3.71. The van der Waals surface area contributed by atoms with Crippen LogP contribution in [-0.4, -0.2) is 30.0 Å². The van der Waals surface area contributed by atoms with E-state index in [0.29, 0.717) is 22.9 Å². The summed E-state index contributed by atoms with van der Waals surface area (Å²) in [4.78, 5) is 16.8. The van der Waals surface area contributed by atoms with E-state index in [9.17, 15) is 9.90 Å². The molecule has 0 bridgehead atoms. The molecule has 28 heavy (non-hydrogen) atoms. The molecule has 3 aromatic rings. The highest BCUT2D eigenvalue weighted by Crippen LogP contribution is 2.18. The SMILES string of the molecule is COc1ccc(N=C([O-])c2c(=O)n(-c3ccc(OC)cc3)[nH][n+]2CC#N)cc1. The van der Waals surface area contributed by atoms with Crippen LogP contribution in [0.25, 0.3) is 5.69 Å². The number of hydrogen-bond donors (Lipinski definition) is 1. The Labute approximate surface area is 160 Å². The van der Waals surface area contributed by atoms with E-state index in [0.717, 1.165) is 0 Å². The molecule has 0 aliphatic heterocycles. The first-order valence-electron chi connectivity index (χ1n) is 8.23. The number of benzene rings is 2. The van der Waals surface area contributed by atoms with Gasteiger partial charge in [0.25, 0.3) is 0 Å². The smallest absolute Gasteiger partial charge is 0.406 e. The van der Waals surface area contributed by atoms with Crippen LogP contribution >= 0.6 is 0 Å². The Morgan fingerprint density at radius 2 is 1.71 bits per heavy atom. The molecule has 0 spiro atoms. The van der Waals surface area contributed by atoms with Gasteiger partial charge in [-0.05, 0) is 48.5 Å². The Morgan fingerprint density at radius 1 is 1.14 bits per heavy atom. The zero-order valence-electron chi connectivity index (χ0n) is 15.2. The summed E-state index contributed by atoms with van der Waals surface area (Å²) >= 11 is 0. The zero-order chi connectivity index (χ0) is 20.1. The standard InChI is InChI=1S/C19H17N5O4/c1-27-15-7-3-13(4-8-15)21-18(25)17-19(26)24(22-23(17)12-11-20)14-5-9-16(28-2)10-6-14/h3-10H,12H2,1-2H3,(H-,21,22,25,26). The number of aromatic amines is 1. The Balaban J connectivity index is 2.05. The molecule has 9 nitrogen and oxygen atoms in total. The highest BCUT2D eigenvalue weighted by atomic mass is 16.5. The van der Waals surface area contributed by atoms with Gasteiger partial charge in [0.1, 0.15) is 17.6 Å². The molecule has 1 N–H and O–H groups in total. The van der Waals surface area contributed by atoms with Gasteiger partial charge in [-0.3, -0.25) is 4.99 Å². The van der Waals surface area contributed by atoms with Crippen LogP contribution in [0.3, 0.4) is 0 Å². The fourth-order valence-electron chi connectivity index (χ4n) is 2.56. The van der Waals surface area contributed by atoms with Crippen LogP contribution in [0.5, 0.6) is 11.5 Å². The van der Waals surface area contributed by atoms with Crippen LogP contribution in [0.1, 0.15) is 5.69 Å². The Hall–Kier alpha value is -4.06. The lowest BCUT2D eigenvalue weighted by Gasteiger charge is -2.06. The second kappa shape index (κ2) is 8.09. The van der Waals surface area contributed by atoms with Crippen LogP contribution in [-0.2, 0) is 6.54 Å². The zero-order valence-corrected chi connectivity index (χ0v) is 15.2. The molecule has 1 heterocycles. The maximum atomic E-state index is 12.8. The molecule has 0 saturated carbocycles. The predicted octanol–water partition coefficient (Wildman–Crippen LogP) is 0.432. The van der Waals surface area contributed by atoms with Gasteiger partial charge in [0.05, 0.1) is 19.9 Å². The molecule has 1 aromatic heterocycles. The first kappa shape index (κ1) is 18.7. The molecule has 0 aliphatic carbocycles. The molecular weight excluding hydrogens is 362 g/mol.